The molecule has 20 heavy (non-hydrogen) atoms. The summed E-state index contributed by atoms with van der Waals surface area (Å²) in [4.78, 5) is 0.0994. The molecule has 0 unspecified atom stereocenters. The van der Waals surface area contributed by atoms with Gasteiger partial charge in [0.15, 0.2) is 0 Å². The largest absolute Gasteiger partial charge is 0.373 e. The van der Waals surface area contributed by atoms with Gasteiger partial charge in [-0.15, -0.1) is 0 Å². The Labute approximate surface area is 129 Å². The van der Waals surface area contributed by atoms with Crippen LogP contribution in [0.5, 0.6) is 0 Å². The first-order valence-electron chi connectivity index (χ1n) is 6.33. The summed E-state index contributed by atoms with van der Waals surface area (Å²) in [6.45, 7) is 6.11. The average Bonchev–Trinajstić information content (AvgIpc) is 2.32. The molecule has 2 rings (SSSR count). The molecule has 1 heterocycles. The summed E-state index contributed by atoms with van der Waals surface area (Å²) in [5.74, 6) is 0. The minimum Gasteiger partial charge on any atom is -0.373 e. The Morgan fingerprint density at radius 2 is 1.70 bits per heavy atom. The topological polar surface area (TPSA) is 46.6 Å². The van der Waals surface area contributed by atoms with Gasteiger partial charge in [-0.3, -0.25) is 0 Å². The zero-order valence-corrected chi connectivity index (χ0v) is 13.9. The summed E-state index contributed by atoms with van der Waals surface area (Å²) < 4.78 is 32.4. The third-order valence-electron chi connectivity index (χ3n) is 3.22. The Bertz CT molecular complexity index is 608. The molecule has 0 aromatic heterocycles. The Hall–Kier alpha value is -0.330. The van der Waals surface area contributed by atoms with Gasteiger partial charge in [-0.2, -0.15) is 4.31 Å². The maximum atomic E-state index is 12.7. The highest BCUT2D eigenvalue weighted by atomic mass is 35.5. The van der Waals surface area contributed by atoms with Crippen molar-refractivity contribution in [3.05, 3.63) is 27.7 Å². The maximum absolute atomic E-state index is 12.7. The summed E-state index contributed by atoms with van der Waals surface area (Å²) >= 11 is 12.0. The fraction of sp³-hybridized carbons (Fsp3) is 0.538. The van der Waals surface area contributed by atoms with Crippen LogP contribution in [0.1, 0.15) is 19.4 Å². The predicted octanol–water partition coefficient (Wildman–Crippen LogP) is 3.10. The average molecular weight is 338 g/mol. The molecule has 1 aliphatic heterocycles. The third kappa shape index (κ3) is 3.12. The van der Waals surface area contributed by atoms with E-state index in [0.717, 1.165) is 0 Å². The van der Waals surface area contributed by atoms with Crippen molar-refractivity contribution in [2.75, 3.05) is 13.1 Å². The lowest BCUT2D eigenvalue weighted by Gasteiger charge is -2.34. The molecule has 1 aliphatic rings. The van der Waals surface area contributed by atoms with Gasteiger partial charge in [0.05, 0.1) is 17.2 Å². The number of halogens is 2. The molecule has 0 aliphatic carbocycles. The van der Waals surface area contributed by atoms with E-state index in [9.17, 15) is 8.42 Å². The number of hydrogen-bond donors (Lipinski definition) is 0. The SMILES string of the molecule is Cc1cc(S(=O)(=O)N2C[C@@H](C)O[C@H](C)C2)c(Cl)cc1Cl. The Morgan fingerprint density at radius 3 is 2.25 bits per heavy atom. The quantitative estimate of drug-likeness (QED) is 0.832. The number of ether oxygens (including phenoxy) is 1. The van der Waals surface area contributed by atoms with Gasteiger partial charge in [0.25, 0.3) is 0 Å². The number of morpholine rings is 1. The van der Waals surface area contributed by atoms with E-state index in [2.05, 4.69) is 0 Å². The van der Waals surface area contributed by atoms with Crippen molar-refractivity contribution in [2.24, 2.45) is 0 Å². The zero-order valence-electron chi connectivity index (χ0n) is 11.6. The van der Waals surface area contributed by atoms with Crippen LogP contribution in [0.4, 0.5) is 0 Å². The normalized spacial score (nSPS) is 24.9. The van der Waals surface area contributed by atoms with Crippen molar-refractivity contribution in [1.29, 1.82) is 0 Å². The molecule has 0 amide bonds. The third-order valence-corrected chi connectivity index (χ3v) is 5.92. The standard InChI is InChI=1S/C13H17Cl2NO3S/c1-8-4-13(12(15)5-11(8)14)20(17,18)16-6-9(2)19-10(3)7-16/h4-5,9-10H,6-7H2,1-3H3/t9-,10-/m1/s1. The van der Waals surface area contributed by atoms with Crippen molar-refractivity contribution < 1.29 is 13.2 Å². The van der Waals surface area contributed by atoms with Gasteiger partial charge in [0, 0.05) is 18.1 Å². The highest BCUT2D eigenvalue weighted by Gasteiger charge is 2.33. The molecule has 2 atom stereocenters. The van der Waals surface area contributed by atoms with Gasteiger partial charge in [-0.25, -0.2) is 8.42 Å². The van der Waals surface area contributed by atoms with Crippen LogP contribution in [0, 0.1) is 6.92 Å². The van der Waals surface area contributed by atoms with Crippen LogP contribution in [0.3, 0.4) is 0 Å². The number of aryl methyl sites for hydroxylation is 1. The van der Waals surface area contributed by atoms with Crippen molar-refractivity contribution in [1.82, 2.24) is 4.31 Å². The van der Waals surface area contributed by atoms with Crippen molar-refractivity contribution in [3.8, 4) is 0 Å². The van der Waals surface area contributed by atoms with E-state index in [-0.39, 0.29) is 22.1 Å². The van der Waals surface area contributed by atoms with Gasteiger partial charge in [0.1, 0.15) is 4.90 Å². The lowest BCUT2D eigenvalue weighted by molar-refractivity contribution is -0.0440. The van der Waals surface area contributed by atoms with Crippen LogP contribution < -0.4 is 0 Å². The summed E-state index contributed by atoms with van der Waals surface area (Å²) in [7, 11) is -3.64. The van der Waals surface area contributed by atoms with E-state index in [4.69, 9.17) is 27.9 Å². The highest BCUT2D eigenvalue weighted by molar-refractivity contribution is 7.89. The number of benzene rings is 1. The van der Waals surface area contributed by atoms with E-state index in [0.29, 0.717) is 23.7 Å². The molecule has 0 spiro atoms. The molecule has 1 aromatic carbocycles. The fourth-order valence-electron chi connectivity index (χ4n) is 2.29. The molecule has 4 nitrogen and oxygen atoms in total. The Kier molecular flexibility index (Phi) is 4.66. The van der Waals surface area contributed by atoms with Gasteiger partial charge >= 0.3 is 0 Å². The molecule has 0 bridgehead atoms. The molecule has 1 saturated heterocycles. The second-order valence-corrected chi connectivity index (χ2v) is 7.83. The van der Waals surface area contributed by atoms with Gasteiger partial charge in [-0.1, -0.05) is 23.2 Å². The Morgan fingerprint density at radius 1 is 1.15 bits per heavy atom. The first kappa shape index (κ1) is 16.0. The minimum absolute atomic E-state index is 0.0994. The number of rotatable bonds is 2. The van der Waals surface area contributed by atoms with Crippen molar-refractivity contribution >= 4 is 33.2 Å². The number of nitrogens with zero attached hydrogens (tertiary/aromatic N) is 1. The molecular formula is C13H17Cl2NO3S. The van der Waals surface area contributed by atoms with Crippen LogP contribution in [0.2, 0.25) is 10.0 Å². The molecule has 0 N–H and O–H groups in total. The first-order valence-corrected chi connectivity index (χ1v) is 8.52. The summed E-state index contributed by atoms with van der Waals surface area (Å²) in [6.07, 6.45) is -0.276. The van der Waals surface area contributed by atoms with E-state index in [1.165, 1.54) is 16.4 Å². The molecule has 1 aromatic rings. The second kappa shape index (κ2) is 5.81. The number of sulfonamides is 1. The maximum Gasteiger partial charge on any atom is 0.244 e. The summed E-state index contributed by atoms with van der Waals surface area (Å²) in [5, 5.41) is 0.602. The first-order chi connectivity index (χ1) is 9.21. The van der Waals surface area contributed by atoms with Crippen molar-refractivity contribution in [3.63, 3.8) is 0 Å². The molecule has 7 heteroatoms. The van der Waals surface area contributed by atoms with Crippen LogP contribution >= 0.6 is 23.2 Å². The molecule has 1 fully saturated rings. The van der Waals surface area contributed by atoms with E-state index >= 15 is 0 Å². The molecule has 0 radical (unpaired) electrons. The van der Waals surface area contributed by atoms with Gasteiger partial charge in [0.2, 0.25) is 10.0 Å². The predicted molar refractivity (Wildman–Crippen MR) is 80.0 cm³/mol. The van der Waals surface area contributed by atoms with Gasteiger partial charge < -0.3 is 4.74 Å². The van der Waals surface area contributed by atoms with E-state index < -0.39 is 10.0 Å². The van der Waals surface area contributed by atoms with Gasteiger partial charge in [-0.05, 0) is 38.5 Å². The Balaban J connectivity index is 2.42. The second-order valence-electron chi connectivity index (χ2n) is 5.11. The smallest absolute Gasteiger partial charge is 0.244 e. The zero-order chi connectivity index (χ0) is 15.1. The van der Waals surface area contributed by atoms with Crippen LogP contribution in [0.25, 0.3) is 0 Å². The fourth-order valence-corrected chi connectivity index (χ4v) is 4.69. The lowest BCUT2D eigenvalue weighted by Crippen LogP contribution is -2.48. The number of hydrogen-bond acceptors (Lipinski definition) is 3. The van der Waals surface area contributed by atoms with Crippen LogP contribution in [0.15, 0.2) is 17.0 Å². The van der Waals surface area contributed by atoms with Crippen molar-refractivity contribution in [2.45, 2.75) is 37.9 Å². The monoisotopic (exact) mass is 337 g/mol. The molecular weight excluding hydrogens is 321 g/mol. The summed E-state index contributed by atoms with van der Waals surface area (Å²) in [5.41, 5.74) is 0.684. The lowest BCUT2D eigenvalue weighted by atomic mass is 10.2. The summed E-state index contributed by atoms with van der Waals surface area (Å²) in [6, 6.07) is 2.99. The van der Waals surface area contributed by atoms with E-state index in [1.54, 1.807) is 6.92 Å². The van der Waals surface area contributed by atoms with Crippen LogP contribution in [-0.4, -0.2) is 38.0 Å². The highest BCUT2D eigenvalue weighted by Crippen LogP contribution is 2.31. The molecule has 0 saturated carbocycles. The molecule has 112 valence electrons. The minimum atomic E-state index is -3.64. The van der Waals surface area contributed by atoms with E-state index in [1.807, 2.05) is 13.8 Å². The van der Waals surface area contributed by atoms with Crippen LogP contribution in [-0.2, 0) is 14.8 Å².